The van der Waals surface area contributed by atoms with E-state index in [4.69, 9.17) is 5.26 Å². The molecule has 2 rings (SSSR count). The molecule has 2 aromatic rings. The van der Waals surface area contributed by atoms with Crippen LogP contribution in [0.4, 0.5) is 11.5 Å². The summed E-state index contributed by atoms with van der Waals surface area (Å²) in [6, 6.07) is 10.6. The lowest BCUT2D eigenvalue weighted by Crippen LogP contribution is -2.06. The van der Waals surface area contributed by atoms with Crippen molar-refractivity contribution in [1.82, 2.24) is 4.98 Å². The number of nitro groups is 1. The fourth-order valence-electron chi connectivity index (χ4n) is 1.65. The molecule has 0 aliphatic rings. The Morgan fingerprint density at radius 3 is 2.65 bits per heavy atom. The first-order chi connectivity index (χ1) is 9.61. The summed E-state index contributed by atoms with van der Waals surface area (Å²) in [7, 11) is 0. The highest BCUT2D eigenvalue weighted by atomic mass is 79.9. The Bertz CT molecular complexity index is 680. The van der Waals surface area contributed by atoms with Gasteiger partial charge in [-0.25, -0.2) is 4.98 Å². The maximum atomic E-state index is 11.0. The second-order valence-electron chi connectivity index (χ2n) is 3.90. The molecular formula is C13H9BrN4O2. The van der Waals surface area contributed by atoms with Gasteiger partial charge in [0.05, 0.1) is 4.92 Å². The van der Waals surface area contributed by atoms with E-state index in [2.05, 4.69) is 26.2 Å². The summed E-state index contributed by atoms with van der Waals surface area (Å²) < 4.78 is 0.955. The number of pyridine rings is 1. The zero-order valence-electron chi connectivity index (χ0n) is 10.2. The average Bonchev–Trinajstić information content (AvgIpc) is 2.46. The van der Waals surface area contributed by atoms with Crippen molar-refractivity contribution in [3.05, 3.63) is 62.2 Å². The molecule has 1 heterocycles. The van der Waals surface area contributed by atoms with Gasteiger partial charge in [0.2, 0.25) is 5.82 Å². The molecule has 0 atom stereocenters. The van der Waals surface area contributed by atoms with Crippen molar-refractivity contribution in [2.45, 2.75) is 6.54 Å². The van der Waals surface area contributed by atoms with Crippen molar-refractivity contribution in [2.75, 3.05) is 5.32 Å². The van der Waals surface area contributed by atoms with Gasteiger partial charge in [-0.05, 0) is 23.8 Å². The van der Waals surface area contributed by atoms with Crippen LogP contribution in [0, 0.1) is 21.4 Å². The number of aromatic nitrogens is 1. The van der Waals surface area contributed by atoms with Gasteiger partial charge < -0.3 is 5.32 Å². The molecule has 0 bridgehead atoms. The number of nitrogens with zero attached hydrogens (tertiary/aromatic N) is 3. The van der Waals surface area contributed by atoms with Crippen LogP contribution >= 0.6 is 15.9 Å². The summed E-state index contributed by atoms with van der Waals surface area (Å²) in [6.45, 7) is 0.385. The fraction of sp³-hybridized carbons (Fsp3) is 0.0769. The Morgan fingerprint density at radius 1 is 1.35 bits per heavy atom. The quantitative estimate of drug-likeness (QED) is 0.685. The molecule has 0 saturated carbocycles. The summed E-state index contributed by atoms with van der Waals surface area (Å²) in [4.78, 5) is 14.4. The van der Waals surface area contributed by atoms with Gasteiger partial charge in [0.15, 0.2) is 0 Å². The first-order valence-corrected chi connectivity index (χ1v) is 6.43. The number of rotatable bonds is 4. The van der Waals surface area contributed by atoms with Crippen molar-refractivity contribution >= 4 is 27.4 Å². The molecule has 0 aliphatic heterocycles. The Kier molecular flexibility index (Phi) is 4.27. The van der Waals surface area contributed by atoms with E-state index < -0.39 is 4.92 Å². The van der Waals surface area contributed by atoms with Crippen LogP contribution in [0.3, 0.4) is 0 Å². The molecular weight excluding hydrogens is 324 g/mol. The van der Waals surface area contributed by atoms with Gasteiger partial charge in [0, 0.05) is 17.2 Å². The molecule has 0 aliphatic carbocycles. The minimum Gasteiger partial charge on any atom is -0.360 e. The first-order valence-electron chi connectivity index (χ1n) is 5.63. The molecule has 0 radical (unpaired) electrons. The number of halogens is 1. The summed E-state index contributed by atoms with van der Waals surface area (Å²) in [5.74, 6) is 0.0944. The van der Waals surface area contributed by atoms with Crippen molar-refractivity contribution in [3.63, 3.8) is 0 Å². The summed E-state index contributed by atoms with van der Waals surface area (Å²) in [5, 5.41) is 22.8. The van der Waals surface area contributed by atoms with Crippen molar-refractivity contribution in [3.8, 4) is 6.07 Å². The number of nitriles is 1. The Hall–Kier alpha value is -2.46. The molecule has 0 unspecified atom stereocenters. The maximum Gasteiger partial charge on any atom is 0.328 e. The van der Waals surface area contributed by atoms with Crippen LogP contribution in [0.25, 0.3) is 0 Å². The number of hydrogen-bond acceptors (Lipinski definition) is 5. The van der Waals surface area contributed by atoms with E-state index in [1.165, 1.54) is 12.3 Å². The predicted molar refractivity (Wildman–Crippen MR) is 77.1 cm³/mol. The number of nitrogens with one attached hydrogen (secondary N) is 1. The minimum absolute atomic E-state index is 0.0108. The monoisotopic (exact) mass is 332 g/mol. The molecule has 1 aromatic carbocycles. The molecule has 1 aromatic heterocycles. The lowest BCUT2D eigenvalue weighted by atomic mass is 10.2. The highest BCUT2D eigenvalue weighted by Gasteiger charge is 2.20. The molecule has 0 fully saturated rings. The van der Waals surface area contributed by atoms with Crippen molar-refractivity contribution < 1.29 is 4.92 Å². The topological polar surface area (TPSA) is 91.8 Å². The Morgan fingerprint density at radius 2 is 2.05 bits per heavy atom. The lowest BCUT2D eigenvalue weighted by Gasteiger charge is -2.07. The van der Waals surface area contributed by atoms with Crippen molar-refractivity contribution in [1.29, 1.82) is 5.26 Å². The summed E-state index contributed by atoms with van der Waals surface area (Å²) in [6.07, 6.45) is 1.37. The second-order valence-corrected chi connectivity index (χ2v) is 4.82. The van der Waals surface area contributed by atoms with Gasteiger partial charge in [-0.2, -0.15) is 5.26 Å². The van der Waals surface area contributed by atoms with Crippen LogP contribution in [0.5, 0.6) is 0 Å². The minimum atomic E-state index is -0.602. The van der Waals surface area contributed by atoms with E-state index in [0.717, 1.165) is 10.0 Å². The van der Waals surface area contributed by atoms with Crippen LogP contribution in [0.1, 0.15) is 11.1 Å². The van der Waals surface area contributed by atoms with Gasteiger partial charge in [-0.3, -0.25) is 10.1 Å². The van der Waals surface area contributed by atoms with Crippen LogP contribution in [-0.2, 0) is 6.54 Å². The second kappa shape index (κ2) is 6.12. The fourth-order valence-corrected chi connectivity index (χ4v) is 1.91. The molecule has 100 valence electrons. The van der Waals surface area contributed by atoms with E-state index in [-0.39, 0.29) is 17.1 Å². The number of benzene rings is 1. The molecule has 0 saturated heterocycles. The van der Waals surface area contributed by atoms with Crippen LogP contribution in [0.15, 0.2) is 41.0 Å². The molecule has 0 amide bonds. The van der Waals surface area contributed by atoms with E-state index >= 15 is 0 Å². The standard InChI is InChI=1S/C13H9BrN4O2/c14-11-3-1-9(2-4-11)8-17-13-12(18(19)20)10(7-15)5-6-16-13/h1-6H,8H2,(H,16,17). The SMILES string of the molecule is N#Cc1ccnc(NCc2ccc(Br)cc2)c1[N+](=O)[O-]. The first kappa shape index (κ1) is 14.0. The normalized spacial score (nSPS) is 9.80. The average molecular weight is 333 g/mol. The van der Waals surface area contributed by atoms with Crippen LogP contribution < -0.4 is 5.32 Å². The highest BCUT2D eigenvalue weighted by Crippen LogP contribution is 2.26. The summed E-state index contributed by atoms with van der Waals surface area (Å²) in [5.41, 5.74) is 0.641. The van der Waals surface area contributed by atoms with Gasteiger partial charge in [0.1, 0.15) is 11.6 Å². The molecule has 7 heteroatoms. The third-order valence-electron chi connectivity index (χ3n) is 2.60. The van der Waals surface area contributed by atoms with Gasteiger partial charge in [0.25, 0.3) is 0 Å². The molecule has 20 heavy (non-hydrogen) atoms. The third kappa shape index (κ3) is 3.10. The molecule has 6 nitrogen and oxygen atoms in total. The zero-order chi connectivity index (χ0) is 14.5. The number of hydrogen-bond donors (Lipinski definition) is 1. The van der Waals surface area contributed by atoms with Gasteiger partial charge in [-0.1, -0.05) is 28.1 Å². The lowest BCUT2D eigenvalue weighted by molar-refractivity contribution is -0.384. The molecule has 0 spiro atoms. The van der Waals surface area contributed by atoms with Crippen LogP contribution in [0.2, 0.25) is 0 Å². The summed E-state index contributed by atoms with van der Waals surface area (Å²) >= 11 is 3.33. The maximum absolute atomic E-state index is 11.0. The van der Waals surface area contributed by atoms with E-state index in [1.807, 2.05) is 24.3 Å². The Balaban J connectivity index is 2.23. The smallest absolute Gasteiger partial charge is 0.328 e. The van der Waals surface area contributed by atoms with Gasteiger partial charge in [-0.15, -0.1) is 0 Å². The Labute approximate surface area is 123 Å². The largest absolute Gasteiger partial charge is 0.360 e. The van der Waals surface area contributed by atoms with Crippen molar-refractivity contribution in [2.24, 2.45) is 0 Å². The predicted octanol–water partition coefficient (Wildman–Crippen LogP) is 3.24. The van der Waals surface area contributed by atoms with E-state index in [0.29, 0.717) is 6.54 Å². The van der Waals surface area contributed by atoms with E-state index in [1.54, 1.807) is 6.07 Å². The highest BCUT2D eigenvalue weighted by molar-refractivity contribution is 9.10. The zero-order valence-corrected chi connectivity index (χ0v) is 11.8. The van der Waals surface area contributed by atoms with E-state index in [9.17, 15) is 10.1 Å². The molecule has 1 N–H and O–H groups in total. The van der Waals surface area contributed by atoms with Gasteiger partial charge >= 0.3 is 5.69 Å². The third-order valence-corrected chi connectivity index (χ3v) is 3.13. The van der Waals surface area contributed by atoms with Crippen LogP contribution in [-0.4, -0.2) is 9.91 Å². The number of anilines is 1.